The van der Waals surface area contributed by atoms with Crippen LogP contribution in [0.5, 0.6) is 0 Å². The van der Waals surface area contributed by atoms with Crippen molar-refractivity contribution < 1.29 is 10.4 Å². The lowest BCUT2D eigenvalue weighted by Gasteiger charge is -1.98. The Morgan fingerprint density at radius 2 is 1.50 bits per heavy atom. The van der Waals surface area contributed by atoms with Crippen molar-refractivity contribution in [3.8, 4) is 0 Å². The minimum Gasteiger partial charge on any atom is -0.410 e. The van der Waals surface area contributed by atoms with Crippen molar-refractivity contribution in [1.29, 1.82) is 0 Å². The zero-order valence-corrected chi connectivity index (χ0v) is 8.24. The molecule has 0 fully saturated rings. The molecular weight excluding hydrogens is 229 g/mol. The first-order chi connectivity index (χ1) is 6.69. The van der Waals surface area contributed by atoms with E-state index < -0.39 is 0 Å². The molecule has 0 saturated carbocycles. The molecule has 0 aromatic carbocycles. The fraction of sp³-hybridized carbons (Fsp3) is 0. The number of halogens is 2. The molecule has 74 valence electrons. The predicted octanol–water partition coefficient (Wildman–Crippen LogP) is 1.83. The third kappa shape index (κ3) is 2.34. The van der Waals surface area contributed by atoms with Gasteiger partial charge >= 0.3 is 0 Å². The summed E-state index contributed by atoms with van der Waals surface area (Å²) in [5.74, 6) is 0. The molecule has 0 aliphatic heterocycles. The normalized spacial score (nSPS) is 13.0. The highest BCUT2D eigenvalue weighted by Gasteiger charge is 2.06. The van der Waals surface area contributed by atoms with Crippen molar-refractivity contribution in [2.24, 2.45) is 10.3 Å². The van der Waals surface area contributed by atoms with Gasteiger partial charge in [0.1, 0.15) is 11.4 Å². The molecule has 1 aromatic heterocycles. The average molecular weight is 234 g/mol. The lowest BCUT2D eigenvalue weighted by molar-refractivity contribution is 0.320. The van der Waals surface area contributed by atoms with E-state index >= 15 is 0 Å². The van der Waals surface area contributed by atoms with E-state index in [0.717, 1.165) is 0 Å². The largest absolute Gasteiger partial charge is 0.410 e. The van der Waals surface area contributed by atoms with Crippen molar-refractivity contribution in [2.45, 2.75) is 0 Å². The summed E-state index contributed by atoms with van der Waals surface area (Å²) < 4.78 is 0. The maximum absolute atomic E-state index is 8.38. The van der Waals surface area contributed by atoms with Crippen molar-refractivity contribution in [1.82, 2.24) is 4.98 Å². The fourth-order valence-electron chi connectivity index (χ4n) is 0.767. The second-order valence-electron chi connectivity index (χ2n) is 2.19. The van der Waals surface area contributed by atoms with Gasteiger partial charge in [-0.15, -0.1) is 0 Å². The van der Waals surface area contributed by atoms with Crippen molar-refractivity contribution in [3.05, 3.63) is 29.6 Å². The third-order valence-electron chi connectivity index (χ3n) is 1.35. The number of pyridine rings is 1. The molecule has 0 radical (unpaired) electrons. The van der Waals surface area contributed by atoms with Crippen molar-refractivity contribution in [3.63, 3.8) is 0 Å². The van der Waals surface area contributed by atoms with Gasteiger partial charge in [-0.3, -0.25) is 0 Å². The summed E-state index contributed by atoms with van der Waals surface area (Å²) in [6.07, 6.45) is 0. The maximum atomic E-state index is 8.38. The summed E-state index contributed by atoms with van der Waals surface area (Å²) in [6, 6.07) is 4.62. The van der Waals surface area contributed by atoms with E-state index in [0.29, 0.717) is 0 Å². The van der Waals surface area contributed by atoms with E-state index in [1.54, 1.807) is 6.07 Å². The topological polar surface area (TPSA) is 78.1 Å². The van der Waals surface area contributed by atoms with E-state index in [9.17, 15) is 0 Å². The number of aromatic nitrogens is 1. The summed E-state index contributed by atoms with van der Waals surface area (Å²) in [4.78, 5) is 3.87. The van der Waals surface area contributed by atoms with Gasteiger partial charge in [0.25, 0.3) is 0 Å². The number of rotatable bonds is 2. The van der Waals surface area contributed by atoms with Gasteiger partial charge in [0, 0.05) is 0 Å². The molecule has 14 heavy (non-hydrogen) atoms. The Balaban J connectivity index is 3.14. The molecule has 1 heterocycles. The highest BCUT2D eigenvalue weighted by molar-refractivity contribution is 6.70. The fourth-order valence-corrected chi connectivity index (χ4v) is 0.977. The summed E-state index contributed by atoms with van der Waals surface area (Å²) in [6.45, 7) is 0. The van der Waals surface area contributed by atoms with Gasteiger partial charge in [0.05, 0.1) is 0 Å². The molecule has 1 rings (SSSR count). The summed E-state index contributed by atoms with van der Waals surface area (Å²) >= 11 is 11.0. The zero-order valence-electron chi connectivity index (χ0n) is 6.72. The molecule has 1 aromatic rings. The number of hydrogen-bond acceptors (Lipinski definition) is 5. The number of nitrogens with zero attached hydrogens (tertiary/aromatic N) is 3. The second kappa shape index (κ2) is 4.78. The number of hydrogen-bond donors (Lipinski definition) is 2. The third-order valence-corrected chi connectivity index (χ3v) is 1.89. The Morgan fingerprint density at radius 1 is 1.07 bits per heavy atom. The van der Waals surface area contributed by atoms with Gasteiger partial charge in [0.2, 0.25) is 0 Å². The van der Waals surface area contributed by atoms with Gasteiger partial charge < -0.3 is 10.4 Å². The van der Waals surface area contributed by atoms with Gasteiger partial charge in [-0.05, 0) is 12.1 Å². The van der Waals surface area contributed by atoms with E-state index in [1.165, 1.54) is 12.1 Å². The number of oxime groups is 2. The summed E-state index contributed by atoms with van der Waals surface area (Å²) in [5.41, 5.74) is 0.460. The Hall–Kier alpha value is -1.33. The molecule has 7 heteroatoms. The summed E-state index contributed by atoms with van der Waals surface area (Å²) in [5, 5.41) is 21.9. The monoisotopic (exact) mass is 233 g/mol. The second-order valence-corrected chi connectivity index (χ2v) is 2.91. The van der Waals surface area contributed by atoms with Crippen LogP contribution in [0.4, 0.5) is 0 Å². The van der Waals surface area contributed by atoms with Crippen LogP contribution in [-0.2, 0) is 0 Å². The van der Waals surface area contributed by atoms with E-state index in [4.69, 9.17) is 33.6 Å². The van der Waals surface area contributed by atoms with Crippen LogP contribution in [-0.4, -0.2) is 25.7 Å². The van der Waals surface area contributed by atoms with Crippen LogP contribution in [0, 0.1) is 0 Å². The van der Waals surface area contributed by atoms with Gasteiger partial charge in [-0.25, -0.2) is 4.98 Å². The highest BCUT2D eigenvalue weighted by Crippen LogP contribution is 2.06. The van der Waals surface area contributed by atoms with E-state index in [-0.39, 0.29) is 21.7 Å². The SMILES string of the molecule is O/N=C(\Cl)c1cccc(/C(Cl)=N/O)n1. The minimum absolute atomic E-state index is 0.172. The van der Waals surface area contributed by atoms with Crippen molar-refractivity contribution >= 4 is 33.5 Å². The van der Waals surface area contributed by atoms with Crippen LogP contribution in [0.15, 0.2) is 28.5 Å². The average Bonchev–Trinajstić information content (AvgIpc) is 2.27. The first-order valence-electron chi connectivity index (χ1n) is 3.42. The van der Waals surface area contributed by atoms with Crippen LogP contribution in [0.3, 0.4) is 0 Å². The molecule has 0 bridgehead atoms. The van der Waals surface area contributed by atoms with Crippen LogP contribution in [0.1, 0.15) is 11.4 Å². The summed E-state index contributed by atoms with van der Waals surface area (Å²) in [7, 11) is 0. The molecule has 5 nitrogen and oxygen atoms in total. The quantitative estimate of drug-likeness (QED) is 0.465. The molecule has 0 atom stereocenters. The standard InChI is InChI=1S/C7H5Cl2N3O2/c8-6(11-13)4-2-1-3-5(10-4)7(9)12-14/h1-3,13-14H/b11-6-,12-7-. The molecular formula is C7H5Cl2N3O2. The Morgan fingerprint density at radius 3 is 1.86 bits per heavy atom. The molecule has 0 aliphatic carbocycles. The lowest BCUT2D eigenvalue weighted by atomic mass is 10.3. The lowest BCUT2D eigenvalue weighted by Crippen LogP contribution is -2.02. The maximum Gasteiger partial charge on any atom is 0.193 e. The highest BCUT2D eigenvalue weighted by atomic mass is 35.5. The van der Waals surface area contributed by atoms with Crippen LogP contribution in [0.2, 0.25) is 0 Å². The van der Waals surface area contributed by atoms with E-state index in [1.807, 2.05) is 0 Å². The molecule has 0 aliphatic rings. The smallest absolute Gasteiger partial charge is 0.193 e. The molecule has 0 spiro atoms. The molecule has 0 unspecified atom stereocenters. The van der Waals surface area contributed by atoms with Crippen LogP contribution < -0.4 is 0 Å². The predicted molar refractivity (Wildman–Crippen MR) is 52.6 cm³/mol. The Kier molecular flexibility index (Phi) is 3.67. The zero-order chi connectivity index (χ0) is 10.6. The van der Waals surface area contributed by atoms with Crippen LogP contribution in [0.25, 0.3) is 0 Å². The van der Waals surface area contributed by atoms with Gasteiger partial charge in [-0.1, -0.05) is 39.6 Å². The van der Waals surface area contributed by atoms with Gasteiger partial charge in [0.15, 0.2) is 10.3 Å². The Bertz CT molecular complexity index is 359. The first-order valence-corrected chi connectivity index (χ1v) is 4.17. The minimum atomic E-state index is -0.172. The van der Waals surface area contributed by atoms with Crippen LogP contribution >= 0.6 is 23.2 Å². The Labute approximate surface area is 89.3 Å². The molecule has 0 saturated heterocycles. The van der Waals surface area contributed by atoms with E-state index in [2.05, 4.69) is 15.3 Å². The first kappa shape index (κ1) is 10.7. The molecule has 0 amide bonds. The van der Waals surface area contributed by atoms with Crippen molar-refractivity contribution in [2.75, 3.05) is 0 Å². The van der Waals surface area contributed by atoms with Gasteiger partial charge in [-0.2, -0.15) is 0 Å². The molecule has 2 N–H and O–H groups in total.